The predicted octanol–water partition coefficient (Wildman–Crippen LogP) is 4.87. The van der Waals surface area contributed by atoms with Crippen molar-refractivity contribution < 1.29 is 4.79 Å². The topological polar surface area (TPSA) is 46.4 Å². The van der Waals surface area contributed by atoms with Gasteiger partial charge in [-0.05, 0) is 59.1 Å². The summed E-state index contributed by atoms with van der Waals surface area (Å²) in [6, 6.07) is 9.36. The molecule has 0 radical (unpaired) electrons. The number of amides is 1. The Balaban J connectivity index is 2.04. The molecule has 2 heterocycles. The number of pyridine rings is 1. The van der Waals surface area contributed by atoms with Crippen molar-refractivity contribution in [3.05, 3.63) is 63.0 Å². The van der Waals surface area contributed by atoms with Crippen molar-refractivity contribution in [3.63, 3.8) is 0 Å². The second-order valence-electron chi connectivity index (χ2n) is 5.27. The second-order valence-corrected chi connectivity index (χ2v) is 6.56. The Morgan fingerprint density at radius 3 is 2.83 bits per heavy atom. The number of fused-ring (bicyclic) bond motifs is 1. The van der Waals surface area contributed by atoms with E-state index in [0.29, 0.717) is 22.8 Å². The highest BCUT2D eigenvalue weighted by atomic mass is 79.9. The molecule has 4 nitrogen and oxygen atoms in total. The highest BCUT2D eigenvalue weighted by molar-refractivity contribution is 9.10. The van der Waals surface area contributed by atoms with Gasteiger partial charge in [-0.1, -0.05) is 24.6 Å². The first-order valence-corrected chi connectivity index (χ1v) is 8.40. The molecule has 0 aliphatic rings. The lowest BCUT2D eigenvalue weighted by Gasteiger charge is -2.09. The van der Waals surface area contributed by atoms with Gasteiger partial charge in [0, 0.05) is 10.7 Å². The molecule has 3 rings (SSSR count). The number of nitrogens with zero attached hydrogens (tertiary/aromatic N) is 2. The SMILES string of the molecule is CCc1nc2ccc(Cl)cn2c1C(=O)Nc1ccc(C)cc1Br. The fourth-order valence-electron chi connectivity index (χ4n) is 2.46. The molecule has 23 heavy (non-hydrogen) atoms. The molecule has 6 heteroatoms. The molecule has 0 aliphatic carbocycles. The maximum absolute atomic E-state index is 12.8. The Morgan fingerprint density at radius 1 is 1.35 bits per heavy atom. The Bertz CT molecular complexity index is 904. The van der Waals surface area contributed by atoms with E-state index < -0.39 is 0 Å². The number of benzene rings is 1. The monoisotopic (exact) mass is 391 g/mol. The van der Waals surface area contributed by atoms with Gasteiger partial charge in [0.25, 0.3) is 5.91 Å². The van der Waals surface area contributed by atoms with Crippen molar-refractivity contribution in [1.29, 1.82) is 0 Å². The summed E-state index contributed by atoms with van der Waals surface area (Å²) in [6.45, 7) is 3.97. The molecule has 1 N–H and O–H groups in total. The molecular weight excluding hydrogens is 378 g/mol. The maximum Gasteiger partial charge on any atom is 0.274 e. The van der Waals surface area contributed by atoms with Crippen LogP contribution in [0.2, 0.25) is 5.02 Å². The van der Waals surface area contributed by atoms with Crippen LogP contribution in [0.5, 0.6) is 0 Å². The molecule has 0 unspecified atom stereocenters. The van der Waals surface area contributed by atoms with Crippen LogP contribution >= 0.6 is 27.5 Å². The third-order valence-electron chi connectivity index (χ3n) is 3.58. The number of rotatable bonds is 3. The van der Waals surface area contributed by atoms with Crippen molar-refractivity contribution in [2.24, 2.45) is 0 Å². The smallest absolute Gasteiger partial charge is 0.274 e. The van der Waals surface area contributed by atoms with Gasteiger partial charge in [-0.25, -0.2) is 4.98 Å². The summed E-state index contributed by atoms with van der Waals surface area (Å²) in [7, 11) is 0. The van der Waals surface area contributed by atoms with E-state index >= 15 is 0 Å². The van der Waals surface area contributed by atoms with Gasteiger partial charge in [-0.3, -0.25) is 9.20 Å². The number of carbonyl (C=O) groups excluding carboxylic acids is 1. The first-order chi connectivity index (χ1) is 11.0. The normalized spacial score (nSPS) is 11.0. The summed E-state index contributed by atoms with van der Waals surface area (Å²) < 4.78 is 2.58. The number of anilines is 1. The lowest BCUT2D eigenvalue weighted by molar-refractivity contribution is 0.102. The largest absolute Gasteiger partial charge is 0.320 e. The second kappa shape index (κ2) is 6.34. The van der Waals surface area contributed by atoms with Gasteiger partial charge in [0.05, 0.1) is 16.4 Å². The zero-order valence-electron chi connectivity index (χ0n) is 12.7. The number of nitrogens with one attached hydrogen (secondary N) is 1. The number of hydrogen-bond donors (Lipinski definition) is 1. The summed E-state index contributed by atoms with van der Waals surface area (Å²) in [6.07, 6.45) is 2.37. The average molecular weight is 393 g/mol. The summed E-state index contributed by atoms with van der Waals surface area (Å²) in [5.41, 5.74) is 3.80. The van der Waals surface area contributed by atoms with Gasteiger partial charge in [0.15, 0.2) is 0 Å². The molecule has 3 aromatic rings. The third kappa shape index (κ3) is 3.12. The van der Waals surface area contributed by atoms with Crippen LogP contribution in [0.4, 0.5) is 5.69 Å². The standard InChI is InChI=1S/C17H15BrClN3O/c1-3-13-16(22-9-11(19)5-7-15(22)20-13)17(23)21-14-6-4-10(2)8-12(14)18/h4-9H,3H2,1-2H3,(H,21,23). The van der Waals surface area contributed by atoms with Crippen molar-refractivity contribution in [2.45, 2.75) is 20.3 Å². The van der Waals surface area contributed by atoms with E-state index in [-0.39, 0.29) is 5.91 Å². The van der Waals surface area contributed by atoms with Gasteiger partial charge in [-0.2, -0.15) is 0 Å². The zero-order valence-corrected chi connectivity index (χ0v) is 15.1. The highest BCUT2D eigenvalue weighted by Gasteiger charge is 2.19. The first-order valence-electron chi connectivity index (χ1n) is 7.23. The molecule has 0 atom stereocenters. The van der Waals surface area contributed by atoms with Crippen LogP contribution in [0, 0.1) is 6.92 Å². The van der Waals surface area contributed by atoms with E-state index in [2.05, 4.69) is 26.2 Å². The van der Waals surface area contributed by atoms with Crippen molar-refractivity contribution >= 4 is 44.8 Å². The summed E-state index contributed by atoms with van der Waals surface area (Å²) >= 11 is 9.54. The Kier molecular flexibility index (Phi) is 4.41. The van der Waals surface area contributed by atoms with E-state index in [0.717, 1.165) is 21.4 Å². The summed E-state index contributed by atoms with van der Waals surface area (Å²) in [5, 5.41) is 3.49. The van der Waals surface area contributed by atoms with Crippen LogP contribution in [0.15, 0.2) is 41.0 Å². The molecule has 2 aromatic heterocycles. The molecule has 0 fully saturated rings. The van der Waals surface area contributed by atoms with Crippen LogP contribution in [-0.4, -0.2) is 15.3 Å². The lowest BCUT2D eigenvalue weighted by Crippen LogP contribution is -2.16. The number of aromatic nitrogens is 2. The van der Waals surface area contributed by atoms with Crippen LogP contribution in [0.1, 0.15) is 28.7 Å². The summed E-state index contributed by atoms with van der Waals surface area (Å²) in [4.78, 5) is 17.3. The van der Waals surface area contributed by atoms with Gasteiger partial charge in [-0.15, -0.1) is 0 Å². The zero-order chi connectivity index (χ0) is 16.6. The molecule has 0 saturated heterocycles. The van der Waals surface area contributed by atoms with Crippen LogP contribution < -0.4 is 5.32 Å². The number of halogens is 2. The third-order valence-corrected chi connectivity index (χ3v) is 4.46. The average Bonchev–Trinajstić information content (AvgIpc) is 2.87. The van der Waals surface area contributed by atoms with Crippen molar-refractivity contribution in [2.75, 3.05) is 5.32 Å². The number of aryl methyl sites for hydroxylation is 2. The van der Waals surface area contributed by atoms with E-state index in [1.165, 1.54) is 0 Å². The molecule has 0 aliphatic heterocycles. The fourth-order valence-corrected chi connectivity index (χ4v) is 3.21. The van der Waals surface area contributed by atoms with E-state index in [1.54, 1.807) is 22.7 Å². The molecule has 118 valence electrons. The Hall–Kier alpha value is -1.85. The first kappa shape index (κ1) is 16.0. The van der Waals surface area contributed by atoms with Crippen LogP contribution in [0.3, 0.4) is 0 Å². The fraction of sp³-hybridized carbons (Fsp3) is 0.176. The lowest BCUT2D eigenvalue weighted by atomic mass is 10.2. The van der Waals surface area contributed by atoms with Crippen molar-refractivity contribution in [1.82, 2.24) is 9.38 Å². The number of imidazole rings is 1. The van der Waals surface area contributed by atoms with Gasteiger partial charge < -0.3 is 5.32 Å². The van der Waals surface area contributed by atoms with Crippen LogP contribution in [0.25, 0.3) is 5.65 Å². The minimum Gasteiger partial charge on any atom is -0.320 e. The highest BCUT2D eigenvalue weighted by Crippen LogP contribution is 2.25. The molecule has 1 aromatic carbocycles. The minimum absolute atomic E-state index is 0.207. The van der Waals surface area contributed by atoms with E-state index in [4.69, 9.17) is 11.6 Å². The minimum atomic E-state index is -0.207. The molecule has 0 bridgehead atoms. The Morgan fingerprint density at radius 2 is 2.13 bits per heavy atom. The van der Waals surface area contributed by atoms with E-state index in [9.17, 15) is 4.79 Å². The quantitative estimate of drug-likeness (QED) is 0.691. The predicted molar refractivity (Wildman–Crippen MR) is 96.4 cm³/mol. The van der Waals surface area contributed by atoms with Gasteiger partial charge >= 0.3 is 0 Å². The van der Waals surface area contributed by atoms with Crippen LogP contribution in [-0.2, 0) is 6.42 Å². The number of hydrogen-bond acceptors (Lipinski definition) is 2. The van der Waals surface area contributed by atoms with E-state index in [1.807, 2.05) is 32.0 Å². The molecule has 1 amide bonds. The molecule has 0 spiro atoms. The van der Waals surface area contributed by atoms with Gasteiger partial charge in [0.2, 0.25) is 0 Å². The Labute approximate surface area is 147 Å². The maximum atomic E-state index is 12.8. The van der Waals surface area contributed by atoms with Gasteiger partial charge in [0.1, 0.15) is 11.3 Å². The summed E-state index contributed by atoms with van der Waals surface area (Å²) in [5.74, 6) is -0.207. The van der Waals surface area contributed by atoms with Crippen molar-refractivity contribution in [3.8, 4) is 0 Å². The number of carbonyl (C=O) groups is 1. The molecular formula is C17H15BrClN3O. The molecule has 0 saturated carbocycles.